The summed E-state index contributed by atoms with van der Waals surface area (Å²) in [5, 5.41) is 0. The molecule has 8 heteroatoms. The summed E-state index contributed by atoms with van der Waals surface area (Å²) in [6.07, 6.45) is -3.12. The fourth-order valence-corrected chi connectivity index (χ4v) is 2.30. The maximum absolute atomic E-state index is 12.7. The van der Waals surface area contributed by atoms with Crippen LogP contribution in [-0.4, -0.2) is 78.0 Å². The van der Waals surface area contributed by atoms with Crippen molar-refractivity contribution in [2.24, 2.45) is 0 Å². The van der Waals surface area contributed by atoms with Crippen LogP contribution in [0, 0.1) is 0 Å². The summed E-state index contributed by atoms with van der Waals surface area (Å²) in [5.74, 6) is -0.587. The van der Waals surface area contributed by atoms with Crippen molar-refractivity contribution in [2.45, 2.75) is 26.1 Å². The van der Waals surface area contributed by atoms with E-state index < -0.39 is 12.2 Å². The molecule has 0 aliphatic carbocycles. The van der Waals surface area contributed by atoms with E-state index >= 15 is 0 Å². The van der Waals surface area contributed by atoms with Crippen molar-refractivity contribution in [2.75, 3.05) is 39.3 Å². The topological polar surface area (TPSA) is 43.9 Å². The van der Waals surface area contributed by atoms with Crippen molar-refractivity contribution in [3.05, 3.63) is 12.7 Å². The molecular weight excluding hydrogens is 299 g/mol. The van der Waals surface area contributed by atoms with Crippen LogP contribution in [-0.2, 0) is 9.59 Å². The summed E-state index contributed by atoms with van der Waals surface area (Å²) in [7, 11) is 0. The van der Waals surface area contributed by atoms with Gasteiger partial charge in [-0.15, -0.1) is 0 Å². The molecule has 0 radical (unpaired) electrons. The van der Waals surface area contributed by atoms with E-state index in [4.69, 9.17) is 0 Å². The van der Waals surface area contributed by atoms with Gasteiger partial charge in [-0.3, -0.25) is 14.5 Å². The Kier molecular flexibility index (Phi) is 6.40. The van der Waals surface area contributed by atoms with Crippen molar-refractivity contribution < 1.29 is 22.8 Å². The van der Waals surface area contributed by atoms with Gasteiger partial charge in [0, 0.05) is 32.7 Å². The highest BCUT2D eigenvalue weighted by atomic mass is 19.4. The van der Waals surface area contributed by atoms with Gasteiger partial charge >= 0.3 is 6.18 Å². The summed E-state index contributed by atoms with van der Waals surface area (Å²) in [6, 6.07) is -1.51. The molecule has 0 N–H and O–H groups in total. The van der Waals surface area contributed by atoms with Crippen LogP contribution < -0.4 is 0 Å². The number of hydrogen-bond acceptors (Lipinski definition) is 3. The summed E-state index contributed by atoms with van der Waals surface area (Å²) in [6.45, 7) is 7.37. The van der Waals surface area contributed by atoms with Gasteiger partial charge < -0.3 is 9.80 Å². The molecule has 1 rings (SSSR count). The van der Waals surface area contributed by atoms with Crippen molar-refractivity contribution in [1.29, 1.82) is 0 Å². The Morgan fingerprint density at radius 1 is 1.27 bits per heavy atom. The summed E-state index contributed by atoms with van der Waals surface area (Å²) < 4.78 is 38.0. The molecule has 1 unspecified atom stereocenters. The Labute approximate surface area is 128 Å². The molecule has 0 bridgehead atoms. The second-order valence-corrected chi connectivity index (χ2v) is 5.19. The zero-order valence-electron chi connectivity index (χ0n) is 12.9. The predicted octanol–water partition coefficient (Wildman–Crippen LogP) is 1.12. The third-order valence-electron chi connectivity index (χ3n) is 3.88. The Morgan fingerprint density at radius 2 is 1.82 bits per heavy atom. The Bertz CT molecular complexity index is 418. The minimum absolute atomic E-state index is 0.0732. The van der Waals surface area contributed by atoms with E-state index in [2.05, 4.69) is 6.58 Å². The Balaban J connectivity index is 2.52. The van der Waals surface area contributed by atoms with Crippen molar-refractivity contribution in [3.8, 4) is 0 Å². The Hall–Kier alpha value is -1.57. The number of carbonyl (C=O) groups excluding carboxylic acids is 2. The van der Waals surface area contributed by atoms with Crippen LogP contribution in [0.3, 0.4) is 0 Å². The number of halogens is 3. The number of piperazine rings is 1. The van der Waals surface area contributed by atoms with Crippen LogP contribution in [0.1, 0.15) is 13.8 Å². The summed E-state index contributed by atoms with van der Waals surface area (Å²) >= 11 is 0. The molecule has 2 amide bonds. The van der Waals surface area contributed by atoms with E-state index in [1.54, 1.807) is 6.92 Å². The molecule has 1 aliphatic rings. The molecule has 22 heavy (non-hydrogen) atoms. The number of alkyl halides is 3. The maximum atomic E-state index is 12.7. The van der Waals surface area contributed by atoms with Crippen LogP contribution >= 0.6 is 0 Å². The lowest BCUT2D eigenvalue weighted by Crippen LogP contribution is -2.56. The lowest BCUT2D eigenvalue weighted by Gasteiger charge is -2.39. The first-order valence-corrected chi connectivity index (χ1v) is 7.20. The Morgan fingerprint density at radius 3 is 2.23 bits per heavy atom. The highest BCUT2D eigenvalue weighted by Gasteiger charge is 2.41. The first-order valence-electron chi connectivity index (χ1n) is 7.20. The van der Waals surface area contributed by atoms with Gasteiger partial charge in [0.2, 0.25) is 11.8 Å². The van der Waals surface area contributed by atoms with Crippen molar-refractivity contribution in [1.82, 2.24) is 14.7 Å². The minimum atomic E-state index is -4.26. The van der Waals surface area contributed by atoms with E-state index in [1.165, 1.54) is 14.7 Å². The molecule has 126 valence electrons. The first kappa shape index (κ1) is 18.5. The fraction of sp³-hybridized carbons (Fsp3) is 0.714. The van der Waals surface area contributed by atoms with Gasteiger partial charge in [-0.05, 0) is 19.9 Å². The van der Waals surface area contributed by atoms with Crippen LogP contribution in [0.2, 0.25) is 0 Å². The molecule has 0 spiro atoms. The van der Waals surface area contributed by atoms with Gasteiger partial charge in [0.05, 0.1) is 6.54 Å². The number of amides is 2. The van der Waals surface area contributed by atoms with Gasteiger partial charge in [-0.25, -0.2) is 0 Å². The van der Waals surface area contributed by atoms with Crippen LogP contribution in [0.15, 0.2) is 12.7 Å². The second kappa shape index (κ2) is 7.62. The molecule has 1 aliphatic heterocycles. The molecule has 5 nitrogen and oxygen atoms in total. The van der Waals surface area contributed by atoms with E-state index in [-0.39, 0.29) is 44.5 Å². The van der Waals surface area contributed by atoms with Crippen molar-refractivity contribution >= 4 is 11.8 Å². The molecule has 1 saturated heterocycles. The van der Waals surface area contributed by atoms with Gasteiger partial charge in [-0.1, -0.05) is 6.58 Å². The standard InChI is InChI=1S/C14H22F3N3O2/c1-4-12(21)18(5-2)10-13(22)20-8-6-19(7-9-20)11(3)14(15,16)17/h4,11H,1,5-10H2,2-3H3. The smallest absolute Gasteiger partial charge is 0.339 e. The van der Waals surface area contributed by atoms with Gasteiger partial charge in [0.15, 0.2) is 0 Å². The van der Waals surface area contributed by atoms with Crippen LogP contribution in [0.25, 0.3) is 0 Å². The number of hydrogen-bond donors (Lipinski definition) is 0. The maximum Gasteiger partial charge on any atom is 0.403 e. The predicted molar refractivity (Wildman–Crippen MR) is 76.1 cm³/mol. The largest absolute Gasteiger partial charge is 0.403 e. The lowest BCUT2D eigenvalue weighted by molar-refractivity contribution is -0.183. The third kappa shape index (κ3) is 4.72. The molecule has 0 aromatic carbocycles. The monoisotopic (exact) mass is 321 g/mol. The fourth-order valence-electron chi connectivity index (χ4n) is 2.30. The van der Waals surface area contributed by atoms with Crippen molar-refractivity contribution in [3.63, 3.8) is 0 Å². The molecule has 1 fully saturated rings. The highest BCUT2D eigenvalue weighted by Crippen LogP contribution is 2.25. The molecule has 0 saturated carbocycles. The molecule has 1 atom stereocenters. The average molecular weight is 321 g/mol. The zero-order valence-corrected chi connectivity index (χ0v) is 12.9. The van der Waals surface area contributed by atoms with E-state index in [1.807, 2.05) is 0 Å². The van der Waals surface area contributed by atoms with Gasteiger partial charge in [0.25, 0.3) is 0 Å². The molecule has 0 aromatic heterocycles. The second-order valence-electron chi connectivity index (χ2n) is 5.19. The van der Waals surface area contributed by atoms with Crippen LogP contribution in [0.4, 0.5) is 13.2 Å². The third-order valence-corrected chi connectivity index (χ3v) is 3.88. The molecular formula is C14H22F3N3O2. The normalized spacial score (nSPS) is 18.0. The van der Waals surface area contributed by atoms with Gasteiger partial charge in [-0.2, -0.15) is 13.2 Å². The lowest BCUT2D eigenvalue weighted by atomic mass is 10.2. The SMILES string of the molecule is C=CC(=O)N(CC)CC(=O)N1CCN(C(C)C(F)(F)F)CC1. The molecule has 1 heterocycles. The first-order chi connectivity index (χ1) is 10.2. The highest BCUT2D eigenvalue weighted by molar-refractivity contribution is 5.90. The van der Waals surface area contributed by atoms with Gasteiger partial charge in [0.1, 0.15) is 6.04 Å². The zero-order chi connectivity index (χ0) is 16.9. The van der Waals surface area contributed by atoms with E-state index in [0.29, 0.717) is 6.54 Å². The number of carbonyl (C=O) groups is 2. The average Bonchev–Trinajstić information content (AvgIpc) is 2.50. The number of nitrogens with zero attached hydrogens (tertiary/aromatic N) is 3. The quantitative estimate of drug-likeness (QED) is 0.713. The molecule has 0 aromatic rings. The number of likely N-dealkylation sites (N-methyl/N-ethyl adjacent to an activating group) is 1. The minimum Gasteiger partial charge on any atom is -0.339 e. The summed E-state index contributed by atoms with van der Waals surface area (Å²) in [5.41, 5.74) is 0. The van der Waals surface area contributed by atoms with E-state index in [9.17, 15) is 22.8 Å². The summed E-state index contributed by atoms with van der Waals surface area (Å²) in [4.78, 5) is 27.8. The van der Waals surface area contributed by atoms with E-state index in [0.717, 1.165) is 13.0 Å². The number of rotatable bonds is 5. The van der Waals surface area contributed by atoms with Crippen LogP contribution in [0.5, 0.6) is 0 Å².